The number of ether oxygens (including phenoxy) is 1. The molecule has 0 aliphatic heterocycles. The number of benzene rings is 1. The molecule has 1 aromatic rings. The van der Waals surface area contributed by atoms with Gasteiger partial charge in [-0.3, -0.25) is 4.79 Å². The second-order valence-electron chi connectivity index (χ2n) is 3.84. The van der Waals surface area contributed by atoms with Crippen molar-refractivity contribution in [2.75, 3.05) is 7.11 Å². The SMILES string of the molecule is COc1ccc(C(C)(N)CC(=O)O)cc1Cl. The molecular weight excluding hydrogens is 230 g/mol. The molecule has 4 nitrogen and oxygen atoms in total. The molecule has 1 rings (SSSR count). The first-order chi connectivity index (χ1) is 7.36. The predicted octanol–water partition coefficient (Wildman–Crippen LogP) is 2.00. The average Bonchev–Trinajstić information content (AvgIpc) is 2.15. The van der Waals surface area contributed by atoms with Crippen molar-refractivity contribution in [1.82, 2.24) is 0 Å². The molecule has 0 aliphatic carbocycles. The van der Waals surface area contributed by atoms with Crippen molar-refractivity contribution < 1.29 is 14.6 Å². The van der Waals surface area contributed by atoms with Crippen LogP contribution in [0.1, 0.15) is 18.9 Å². The molecular formula is C11H14ClNO3. The first kappa shape index (κ1) is 12.8. The summed E-state index contributed by atoms with van der Waals surface area (Å²) in [6.07, 6.45) is -0.157. The van der Waals surface area contributed by atoms with Gasteiger partial charge in [0.15, 0.2) is 0 Å². The lowest BCUT2D eigenvalue weighted by molar-refractivity contribution is -0.138. The molecule has 1 unspecified atom stereocenters. The molecule has 1 aromatic carbocycles. The number of nitrogens with two attached hydrogens (primary N) is 1. The maximum Gasteiger partial charge on any atom is 0.305 e. The molecule has 16 heavy (non-hydrogen) atoms. The van der Waals surface area contributed by atoms with Gasteiger partial charge in [0.25, 0.3) is 0 Å². The molecule has 0 bridgehead atoms. The zero-order chi connectivity index (χ0) is 12.3. The van der Waals surface area contributed by atoms with Crippen molar-refractivity contribution in [3.8, 4) is 5.75 Å². The fraction of sp³-hybridized carbons (Fsp3) is 0.364. The van der Waals surface area contributed by atoms with E-state index in [9.17, 15) is 4.79 Å². The van der Waals surface area contributed by atoms with Crippen LogP contribution in [0.5, 0.6) is 5.75 Å². The molecule has 0 radical (unpaired) electrons. The quantitative estimate of drug-likeness (QED) is 0.848. The van der Waals surface area contributed by atoms with Gasteiger partial charge in [-0.05, 0) is 24.6 Å². The largest absolute Gasteiger partial charge is 0.495 e. The van der Waals surface area contributed by atoms with Crippen LogP contribution in [0.3, 0.4) is 0 Å². The first-order valence-electron chi connectivity index (χ1n) is 4.71. The van der Waals surface area contributed by atoms with Crippen molar-refractivity contribution in [2.45, 2.75) is 18.9 Å². The molecule has 88 valence electrons. The molecule has 3 N–H and O–H groups in total. The van der Waals surface area contributed by atoms with Crippen LogP contribution in [0.2, 0.25) is 5.02 Å². The van der Waals surface area contributed by atoms with Crippen molar-refractivity contribution in [3.63, 3.8) is 0 Å². The molecule has 0 heterocycles. The zero-order valence-corrected chi connectivity index (χ0v) is 9.91. The summed E-state index contributed by atoms with van der Waals surface area (Å²) < 4.78 is 5.00. The van der Waals surface area contributed by atoms with E-state index in [-0.39, 0.29) is 6.42 Å². The highest BCUT2D eigenvalue weighted by molar-refractivity contribution is 6.32. The van der Waals surface area contributed by atoms with Crippen molar-refractivity contribution in [2.24, 2.45) is 5.73 Å². The van der Waals surface area contributed by atoms with Gasteiger partial charge in [-0.25, -0.2) is 0 Å². The molecule has 0 fully saturated rings. The first-order valence-corrected chi connectivity index (χ1v) is 5.09. The van der Waals surface area contributed by atoms with E-state index >= 15 is 0 Å². The predicted molar refractivity (Wildman–Crippen MR) is 61.8 cm³/mol. The fourth-order valence-electron chi connectivity index (χ4n) is 1.44. The van der Waals surface area contributed by atoms with Crippen LogP contribution in [-0.2, 0) is 10.3 Å². The van der Waals surface area contributed by atoms with Crippen LogP contribution in [0.15, 0.2) is 18.2 Å². The smallest absolute Gasteiger partial charge is 0.305 e. The minimum absolute atomic E-state index is 0.157. The summed E-state index contributed by atoms with van der Waals surface area (Å²) in [5.41, 5.74) is 5.64. The van der Waals surface area contributed by atoms with Crippen LogP contribution < -0.4 is 10.5 Å². The topological polar surface area (TPSA) is 72.5 Å². The molecule has 0 aliphatic rings. The third kappa shape index (κ3) is 2.87. The lowest BCUT2D eigenvalue weighted by Crippen LogP contribution is -2.35. The number of carbonyl (C=O) groups is 1. The van der Waals surface area contributed by atoms with Gasteiger partial charge in [0.05, 0.1) is 18.6 Å². The highest BCUT2D eigenvalue weighted by Crippen LogP contribution is 2.30. The summed E-state index contributed by atoms with van der Waals surface area (Å²) in [7, 11) is 1.51. The van der Waals surface area contributed by atoms with Gasteiger partial charge in [-0.15, -0.1) is 0 Å². The Bertz CT molecular complexity index is 404. The zero-order valence-electron chi connectivity index (χ0n) is 9.16. The number of methoxy groups -OCH3 is 1. The number of carboxylic acid groups (broad SMARTS) is 1. The Balaban J connectivity index is 3.04. The number of hydrogen-bond donors (Lipinski definition) is 2. The second-order valence-corrected chi connectivity index (χ2v) is 4.24. The summed E-state index contributed by atoms with van der Waals surface area (Å²) in [5, 5.41) is 9.16. The molecule has 0 saturated carbocycles. The van der Waals surface area contributed by atoms with E-state index in [4.69, 9.17) is 27.2 Å². The van der Waals surface area contributed by atoms with E-state index in [1.165, 1.54) is 7.11 Å². The summed E-state index contributed by atoms with van der Waals surface area (Å²) in [6, 6.07) is 5.02. The molecule has 0 amide bonds. The Hall–Kier alpha value is -1.26. The third-order valence-corrected chi connectivity index (χ3v) is 2.63. The second kappa shape index (κ2) is 4.72. The maximum atomic E-state index is 10.7. The molecule has 0 spiro atoms. The summed E-state index contributed by atoms with van der Waals surface area (Å²) >= 11 is 5.94. The van der Waals surface area contributed by atoms with Gasteiger partial charge in [-0.2, -0.15) is 0 Å². The highest BCUT2D eigenvalue weighted by atomic mass is 35.5. The Morgan fingerprint density at radius 3 is 2.69 bits per heavy atom. The van der Waals surface area contributed by atoms with Crippen molar-refractivity contribution in [3.05, 3.63) is 28.8 Å². The highest BCUT2D eigenvalue weighted by Gasteiger charge is 2.25. The van der Waals surface area contributed by atoms with E-state index in [0.717, 1.165) is 0 Å². The summed E-state index contributed by atoms with van der Waals surface area (Å²) in [5.74, 6) is -0.409. The van der Waals surface area contributed by atoms with Crippen LogP contribution in [0.25, 0.3) is 0 Å². The van der Waals surface area contributed by atoms with Crippen LogP contribution in [0.4, 0.5) is 0 Å². The Kier molecular flexibility index (Phi) is 3.78. The van der Waals surface area contributed by atoms with E-state index in [2.05, 4.69) is 0 Å². The summed E-state index contributed by atoms with van der Waals surface area (Å²) in [6.45, 7) is 1.65. The number of hydrogen-bond acceptors (Lipinski definition) is 3. The fourth-order valence-corrected chi connectivity index (χ4v) is 1.70. The molecule has 1 atom stereocenters. The van der Waals surface area contributed by atoms with Gasteiger partial charge >= 0.3 is 5.97 Å². The minimum atomic E-state index is -0.947. The number of carboxylic acids is 1. The Labute approximate surface area is 99.0 Å². The average molecular weight is 244 g/mol. The Morgan fingerprint density at radius 2 is 2.25 bits per heavy atom. The van der Waals surface area contributed by atoms with Crippen LogP contribution in [0, 0.1) is 0 Å². The number of rotatable bonds is 4. The summed E-state index contributed by atoms with van der Waals surface area (Å²) in [4.78, 5) is 10.7. The van der Waals surface area contributed by atoms with Gasteiger partial charge in [-0.1, -0.05) is 17.7 Å². The van der Waals surface area contributed by atoms with Crippen molar-refractivity contribution in [1.29, 1.82) is 0 Å². The third-order valence-electron chi connectivity index (χ3n) is 2.33. The monoisotopic (exact) mass is 243 g/mol. The minimum Gasteiger partial charge on any atom is -0.495 e. The number of aliphatic carboxylic acids is 1. The van der Waals surface area contributed by atoms with Gasteiger partial charge in [0.1, 0.15) is 5.75 Å². The maximum absolute atomic E-state index is 10.7. The van der Waals surface area contributed by atoms with Gasteiger partial charge in [0.2, 0.25) is 0 Å². The molecule has 5 heteroatoms. The van der Waals surface area contributed by atoms with E-state index < -0.39 is 11.5 Å². The molecule has 0 aromatic heterocycles. The van der Waals surface area contributed by atoms with Gasteiger partial charge in [0, 0.05) is 5.54 Å². The van der Waals surface area contributed by atoms with E-state index in [1.54, 1.807) is 25.1 Å². The van der Waals surface area contributed by atoms with E-state index in [0.29, 0.717) is 16.3 Å². The van der Waals surface area contributed by atoms with Crippen molar-refractivity contribution >= 4 is 17.6 Å². The standard InChI is InChI=1S/C11H14ClNO3/c1-11(13,6-10(14)15)7-3-4-9(16-2)8(12)5-7/h3-5H,6,13H2,1-2H3,(H,14,15). The lowest BCUT2D eigenvalue weighted by Gasteiger charge is -2.23. The normalized spacial score (nSPS) is 14.2. The van der Waals surface area contributed by atoms with Gasteiger partial charge < -0.3 is 15.6 Å². The molecule has 0 saturated heterocycles. The van der Waals surface area contributed by atoms with Crippen LogP contribution in [-0.4, -0.2) is 18.2 Å². The van der Waals surface area contributed by atoms with E-state index in [1.807, 2.05) is 0 Å². The Morgan fingerprint density at radius 1 is 1.62 bits per heavy atom. The van der Waals surface area contributed by atoms with Crippen LogP contribution >= 0.6 is 11.6 Å². The number of halogens is 1. The lowest BCUT2D eigenvalue weighted by atomic mass is 9.90.